The molecule has 0 radical (unpaired) electrons. The number of aliphatic hydroxyl groups is 1. The Bertz CT molecular complexity index is 616. The van der Waals surface area contributed by atoms with E-state index in [0.29, 0.717) is 24.0 Å². The first kappa shape index (κ1) is 17.6. The van der Waals surface area contributed by atoms with Crippen molar-refractivity contribution >= 4 is 10.0 Å². The van der Waals surface area contributed by atoms with Crippen LogP contribution in [0.15, 0.2) is 23.1 Å². The maximum Gasteiger partial charge on any atom is 0.243 e. The standard InChI is InChI=1S/C15H22N2O3S/c1-4-14(5-2)17(8-9-18)21(19,20)15-10-13(11-16)7-6-12(15)3/h6-7,10,14,18H,4-5,8-9H2,1-3H3. The summed E-state index contributed by atoms with van der Waals surface area (Å²) in [5.41, 5.74) is 0.913. The van der Waals surface area contributed by atoms with Crippen molar-refractivity contribution < 1.29 is 13.5 Å². The lowest BCUT2D eigenvalue weighted by molar-refractivity contribution is 0.219. The van der Waals surface area contributed by atoms with Crippen LogP contribution < -0.4 is 0 Å². The summed E-state index contributed by atoms with van der Waals surface area (Å²) in [5, 5.41) is 18.2. The molecule has 1 aromatic carbocycles. The molecule has 0 atom stereocenters. The van der Waals surface area contributed by atoms with Crippen molar-refractivity contribution in [3.63, 3.8) is 0 Å². The van der Waals surface area contributed by atoms with E-state index < -0.39 is 10.0 Å². The van der Waals surface area contributed by atoms with Crippen LogP contribution >= 0.6 is 0 Å². The molecule has 0 amide bonds. The van der Waals surface area contributed by atoms with Crippen LogP contribution in [0.4, 0.5) is 0 Å². The molecule has 0 aromatic heterocycles. The van der Waals surface area contributed by atoms with Crippen LogP contribution in [0.1, 0.15) is 37.8 Å². The number of aliphatic hydroxyl groups excluding tert-OH is 1. The predicted octanol–water partition coefficient (Wildman–Crippen LogP) is 2.04. The molecule has 1 rings (SSSR count). The Kier molecular flexibility index (Phi) is 6.34. The first-order valence-corrected chi connectivity index (χ1v) is 8.49. The fourth-order valence-electron chi connectivity index (χ4n) is 2.37. The van der Waals surface area contributed by atoms with Crippen molar-refractivity contribution in [3.8, 4) is 6.07 Å². The largest absolute Gasteiger partial charge is 0.395 e. The lowest BCUT2D eigenvalue weighted by Gasteiger charge is -2.29. The zero-order valence-corrected chi connectivity index (χ0v) is 13.5. The topological polar surface area (TPSA) is 81.4 Å². The number of hydrogen-bond donors (Lipinski definition) is 1. The third kappa shape index (κ3) is 3.82. The number of benzene rings is 1. The Labute approximate surface area is 126 Å². The van der Waals surface area contributed by atoms with E-state index in [-0.39, 0.29) is 24.1 Å². The molecule has 0 aliphatic carbocycles. The first-order chi connectivity index (χ1) is 9.92. The van der Waals surface area contributed by atoms with Gasteiger partial charge in [-0.15, -0.1) is 0 Å². The van der Waals surface area contributed by atoms with Gasteiger partial charge in [-0.05, 0) is 37.5 Å². The predicted molar refractivity (Wildman–Crippen MR) is 81.2 cm³/mol. The molecule has 5 nitrogen and oxygen atoms in total. The van der Waals surface area contributed by atoms with Crippen LogP contribution in [0.25, 0.3) is 0 Å². The van der Waals surface area contributed by atoms with Crippen molar-refractivity contribution in [1.29, 1.82) is 5.26 Å². The molecule has 1 aromatic rings. The van der Waals surface area contributed by atoms with Crippen LogP contribution in [0.2, 0.25) is 0 Å². The molecule has 0 aliphatic heterocycles. The van der Waals surface area contributed by atoms with Crippen LogP contribution in [-0.2, 0) is 10.0 Å². The molecule has 21 heavy (non-hydrogen) atoms. The Balaban J connectivity index is 3.39. The number of aryl methyl sites for hydroxylation is 1. The average molecular weight is 310 g/mol. The Morgan fingerprint density at radius 1 is 1.33 bits per heavy atom. The highest BCUT2D eigenvalue weighted by atomic mass is 32.2. The van der Waals surface area contributed by atoms with Crippen molar-refractivity contribution in [1.82, 2.24) is 4.31 Å². The molecule has 0 saturated carbocycles. The Morgan fingerprint density at radius 3 is 2.43 bits per heavy atom. The summed E-state index contributed by atoms with van der Waals surface area (Å²) in [4.78, 5) is 0.141. The molecule has 0 spiro atoms. The molecule has 0 aliphatic rings. The zero-order chi connectivity index (χ0) is 16.0. The highest BCUT2D eigenvalue weighted by Crippen LogP contribution is 2.24. The van der Waals surface area contributed by atoms with Gasteiger partial charge in [0.2, 0.25) is 10.0 Å². The third-order valence-electron chi connectivity index (χ3n) is 3.57. The van der Waals surface area contributed by atoms with Crippen molar-refractivity contribution in [2.75, 3.05) is 13.2 Å². The van der Waals surface area contributed by atoms with E-state index in [0.717, 1.165) is 0 Å². The summed E-state index contributed by atoms with van der Waals surface area (Å²) < 4.78 is 27.1. The van der Waals surface area contributed by atoms with Crippen LogP contribution in [0.5, 0.6) is 0 Å². The minimum absolute atomic E-state index is 0.0604. The molecule has 0 unspecified atom stereocenters. The fourth-order valence-corrected chi connectivity index (χ4v) is 4.38. The summed E-state index contributed by atoms with van der Waals surface area (Å²) in [6, 6.07) is 6.44. The van der Waals surface area contributed by atoms with Crippen LogP contribution in [0.3, 0.4) is 0 Å². The molecular formula is C15H22N2O3S. The minimum Gasteiger partial charge on any atom is -0.395 e. The smallest absolute Gasteiger partial charge is 0.243 e. The number of nitriles is 1. The maximum atomic E-state index is 12.9. The Hall–Kier alpha value is -1.42. The van der Waals surface area contributed by atoms with E-state index >= 15 is 0 Å². The summed E-state index contributed by atoms with van der Waals surface area (Å²) in [6.45, 7) is 5.38. The van der Waals surface area contributed by atoms with Gasteiger partial charge in [-0.3, -0.25) is 0 Å². The second kappa shape index (κ2) is 7.55. The molecular weight excluding hydrogens is 288 g/mol. The highest BCUT2D eigenvalue weighted by Gasteiger charge is 2.30. The van der Waals surface area contributed by atoms with Gasteiger partial charge in [0.1, 0.15) is 0 Å². The van der Waals surface area contributed by atoms with Gasteiger partial charge in [-0.25, -0.2) is 8.42 Å². The van der Waals surface area contributed by atoms with Gasteiger partial charge in [0.25, 0.3) is 0 Å². The lowest BCUT2D eigenvalue weighted by atomic mass is 10.2. The second-order valence-corrected chi connectivity index (χ2v) is 6.76. The van der Waals surface area contributed by atoms with Crippen molar-refractivity contribution in [2.24, 2.45) is 0 Å². The second-order valence-electron chi connectivity index (χ2n) is 4.90. The highest BCUT2D eigenvalue weighted by molar-refractivity contribution is 7.89. The van der Waals surface area contributed by atoms with Gasteiger partial charge in [-0.1, -0.05) is 19.9 Å². The number of sulfonamides is 1. The summed E-state index contributed by atoms with van der Waals surface area (Å²) in [5.74, 6) is 0. The van der Waals surface area contributed by atoms with E-state index in [1.165, 1.54) is 10.4 Å². The normalized spacial score (nSPS) is 11.9. The zero-order valence-electron chi connectivity index (χ0n) is 12.7. The van der Waals surface area contributed by atoms with Crippen LogP contribution in [-0.4, -0.2) is 37.0 Å². The molecule has 0 saturated heterocycles. The monoisotopic (exact) mass is 310 g/mol. The Morgan fingerprint density at radius 2 is 1.95 bits per heavy atom. The summed E-state index contributed by atoms with van der Waals surface area (Å²) >= 11 is 0. The molecule has 116 valence electrons. The van der Waals surface area contributed by atoms with Crippen molar-refractivity contribution in [2.45, 2.75) is 44.6 Å². The van der Waals surface area contributed by atoms with Crippen molar-refractivity contribution in [3.05, 3.63) is 29.3 Å². The summed E-state index contributed by atoms with van der Waals surface area (Å²) in [7, 11) is -3.73. The van der Waals surface area contributed by atoms with E-state index in [1.54, 1.807) is 19.1 Å². The first-order valence-electron chi connectivity index (χ1n) is 7.05. The lowest BCUT2D eigenvalue weighted by Crippen LogP contribution is -2.41. The molecule has 1 N–H and O–H groups in total. The molecule has 0 heterocycles. The van der Waals surface area contributed by atoms with E-state index in [2.05, 4.69) is 0 Å². The molecule has 6 heteroatoms. The molecule has 0 fully saturated rings. The number of hydrogen-bond acceptors (Lipinski definition) is 4. The van der Waals surface area contributed by atoms with Gasteiger partial charge in [0.05, 0.1) is 23.1 Å². The van der Waals surface area contributed by atoms with Crippen LogP contribution in [0, 0.1) is 18.3 Å². The fraction of sp³-hybridized carbons (Fsp3) is 0.533. The van der Waals surface area contributed by atoms with Gasteiger partial charge in [0.15, 0.2) is 0 Å². The quantitative estimate of drug-likeness (QED) is 0.835. The van der Waals surface area contributed by atoms with E-state index in [9.17, 15) is 13.5 Å². The van der Waals surface area contributed by atoms with Gasteiger partial charge >= 0.3 is 0 Å². The van der Waals surface area contributed by atoms with E-state index in [4.69, 9.17) is 5.26 Å². The third-order valence-corrected chi connectivity index (χ3v) is 5.67. The average Bonchev–Trinajstić information content (AvgIpc) is 2.47. The molecule has 0 bridgehead atoms. The number of rotatable bonds is 7. The van der Waals surface area contributed by atoms with Gasteiger partial charge in [0, 0.05) is 12.6 Å². The minimum atomic E-state index is -3.73. The maximum absolute atomic E-state index is 12.9. The van der Waals surface area contributed by atoms with E-state index in [1.807, 2.05) is 19.9 Å². The SMILES string of the molecule is CCC(CC)N(CCO)S(=O)(=O)c1cc(C#N)ccc1C. The van der Waals surface area contributed by atoms with Gasteiger partial charge < -0.3 is 5.11 Å². The summed E-state index contributed by atoms with van der Waals surface area (Å²) in [6.07, 6.45) is 1.35. The number of nitrogens with zero attached hydrogens (tertiary/aromatic N) is 2. The van der Waals surface area contributed by atoms with Gasteiger partial charge in [-0.2, -0.15) is 9.57 Å².